The molecule has 0 aliphatic heterocycles. The Labute approximate surface area is 98.5 Å². The fraction of sp³-hybridized carbons (Fsp3) is 0.333. The maximum atomic E-state index is 13.6. The van der Waals surface area contributed by atoms with Crippen molar-refractivity contribution in [2.24, 2.45) is 0 Å². The number of nitrogens with zero attached hydrogens (tertiary/aromatic N) is 3. The molecular formula is C12H13FN4. The van der Waals surface area contributed by atoms with Gasteiger partial charge in [-0.25, -0.2) is 9.07 Å². The molecule has 1 saturated carbocycles. The molecule has 2 aromatic rings. The van der Waals surface area contributed by atoms with Crippen LogP contribution in [0.4, 0.5) is 4.39 Å². The lowest BCUT2D eigenvalue weighted by atomic mass is 10.3. The van der Waals surface area contributed by atoms with E-state index in [-0.39, 0.29) is 5.82 Å². The largest absolute Gasteiger partial charge is 0.308 e. The Morgan fingerprint density at radius 2 is 2.18 bits per heavy atom. The van der Waals surface area contributed by atoms with Crippen molar-refractivity contribution in [3.05, 3.63) is 42.0 Å². The van der Waals surface area contributed by atoms with Crippen LogP contribution >= 0.6 is 0 Å². The van der Waals surface area contributed by atoms with Gasteiger partial charge in [0.1, 0.15) is 11.5 Å². The third-order valence-corrected chi connectivity index (χ3v) is 2.85. The molecule has 1 heterocycles. The number of nitrogens with one attached hydrogen (secondary N) is 1. The monoisotopic (exact) mass is 232 g/mol. The minimum Gasteiger partial charge on any atom is -0.308 e. The smallest absolute Gasteiger partial charge is 0.148 e. The van der Waals surface area contributed by atoms with Crippen molar-refractivity contribution in [2.75, 3.05) is 0 Å². The van der Waals surface area contributed by atoms with Gasteiger partial charge in [0, 0.05) is 12.6 Å². The molecule has 0 spiro atoms. The summed E-state index contributed by atoms with van der Waals surface area (Å²) in [4.78, 5) is 0. The quantitative estimate of drug-likeness (QED) is 0.871. The number of rotatable bonds is 4. The first kappa shape index (κ1) is 10.4. The fourth-order valence-corrected chi connectivity index (χ4v) is 1.74. The molecule has 4 nitrogen and oxygen atoms in total. The third-order valence-electron chi connectivity index (χ3n) is 2.85. The summed E-state index contributed by atoms with van der Waals surface area (Å²) in [7, 11) is 0. The molecule has 1 aliphatic carbocycles. The van der Waals surface area contributed by atoms with Gasteiger partial charge in [-0.05, 0) is 25.0 Å². The maximum absolute atomic E-state index is 13.6. The molecule has 0 amide bonds. The number of para-hydroxylation sites is 1. The van der Waals surface area contributed by atoms with E-state index in [2.05, 4.69) is 15.6 Å². The Morgan fingerprint density at radius 1 is 1.35 bits per heavy atom. The van der Waals surface area contributed by atoms with Crippen LogP contribution in [0.5, 0.6) is 0 Å². The summed E-state index contributed by atoms with van der Waals surface area (Å²) in [5.41, 5.74) is 1.32. The molecule has 1 aromatic carbocycles. The Hall–Kier alpha value is -1.75. The Balaban J connectivity index is 1.86. The average molecular weight is 232 g/mol. The summed E-state index contributed by atoms with van der Waals surface area (Å²) in [5.74, 6) is -0.286. The van der Waals surface area contributed by atoms with Gasteiger partial charge in [-0.3, -0.25) is 0 Å². The Bertz CT molecular complexity index is 519. The number of aromatic nitrogens is 3. The number of hydrogen-bond donors (Lipinski definition) is 1. The summed E-state index contributed by atoms with van der Waals surface area (Å²) in [6, 6.07) is 7.19. The first-order valence-electron chi connectivity index (χ1n) is 5.72. The molecule has 1 aliphatic rings. The zero-order valence-corrected chi connectivity index (χ0v) is 9.31. The molecule has 5 heteroatoms. The van der Waals surface area contributed by atoms with Crippen LogP contribution in [0.3, 0.4) is 0 Å². The van der Waals surface area contributed by atoms with Crippen molar-refractivity contribution in [1.29, 1.82) is 0 Å². The highest BCUT2D eigenvalue weighted by Crippen LogP contribution is 2.20. The molecule has 3 rings (SSSR count). The van der Waals surface area contributed by atoms with E-state index in [4.69, 9.17) is 0 Å². The summed E-state index contributed by atoms with van der Waals surface area (Å²) >= 11 is 0. The summed E-state index contributed by atoms with van der Waals surface area (Å²) in [6.07, 6.45) is 4.12. The van der Waals surface area contributed by atoms with E-state index in [9.17, 15) is 4.39 Å². The van der Waals surface area contributed by atoms with Gasteiger partial charge in [-0.15, -0.1) is 5.10 Å². The Kier molecular flexibility index (Phi) is 2.60. The van der Waals surface area contributed by atoms with E-state index in [1.165, 1.54) is 18.9 Å². The molecule has 1 fully saturated rings. The molecule has 1 N–H and O–H groups in total. The second kappa shape index (κ2) is 4.25. The van der Waals surface area contributed by atoms with Gasteiger partial charge in [-0.1, -0.05) is 17.3 Å². The van der Waals surface area contributed by atoms with Crippen molar-refractivity contribution in [1.82, 2.24) is 20.3 Å². The van der Waals surface area contributed by atoms with Crippen molar-refractivity contribution in [2.45, 2.75) is 25.4 Å². The van der Waals surface area contributed by atoms with Crippen molar-refractivity contribution in [3.8, 4) is 5.69 Å². The van der Waals surface area contributed by atoms with E-state index >= 15 is 0 Å². The highest BCUT2D eigenvalue weighted by atomic mass is 19.1. The van der Waals surface area contributed by atoms with Gasteiger partial charge in [0.05, 0.1) is 11.9 Å². The van der Waals surface area contributed by atoms with E-state index < -0.39 is 0 Å². The molecule has 1 aromatic heterocycles. The van der Waals surface area contributed by atoms with E-state index in [1.807, 2.05) is 0 Å². The maximum Gasteiger partial charge on any atom is 0.148 e. The van der Waals surface area contributed by atoms with Gasteiger partial charge in [0.2, 0.25) is 0 Å². The number of hydrogen-bond acceptors (Lipinski definition) is 3. The van der Waals surface area contributed by atoms with Crippen LogP contribution in [0.1, 0.15) is 18.5 Å². The molecule has 0 unspecified atom stereocenters. The molecule has 0 radical (unpaired) electrons. The van der Waals surface area contributed by atoms with E-state index in [1.54, 1.807) is 29.1 Å². The topological polar surface area (TPSA) is 42.7 Å². The van der Waals surface area contributed by atoms with E-state index in [0.29, 0.717) is 18.3 Å². The van der Waals surface area contributed by atoms with Gasteiger partial charge < -0.3 is 5.32 Å². The summed E-state index contributed by atoms with van der Waals surface area (Å²) in [6.45, 7) is 0.673. The highest BCUT2D eigenvalue weighted by molar-refractivity contribution is 5.33. The fourth-order valence-electron chi connectivity index (χ4n) is 1.74. The molecular weight excluding hydrogens is 219 g/mol. The van der Waals surface area contributed by atoms with Gasteiger partial charge in [-0.2, -0.15) is 0 Å². The summed E-state index contributed by atoms with van der Waals surface area (Å²) < 4.78 is 15.2. The van der Waals surface area contributed by atoms with Crippen molar-refractivity contribution < 1.29 is 4.39 Å². The summed E-state index contributed by atoms with van der Waals surface area (Å²) in [5, 5.41) is 11.1. The minimum atomic E-state index is -0.286. The van der Waals surface area contributed by atoms with Gasteiger partial charge in [0.25, 0.3) is 0 Å². The van der Waals surface area contributed by atoms with Crippen LogP contribution in [-0.2, 0) is 6.54 Å². The standard InChI is InChI=1S/C12H13FN4/c13-11-3-1-2-4-12(11)17-10(8-15-16-17)7-14-9-5-6-9/h1-4,8-9,14H,5-7H2. The van der Waals surface area contributed by atoms with Crippen LogP contribution in [0.15, 0.2) is 30.5 Å². The predicted octanol–water partition coefficient (Wildman–Crippen LogP) is 1.66. The average Bonchev–Trinajstić information content (AvgIpc) is 3.06. The molecule has 0 atom stereocenters. The second-order valence-corrected chi connectivity index (χ2v) is 4.24. The molecule has 88 valence electrons. The van der Waals surface area contributed by atoms with E-state index in [0.717, 1.165) is 5.69 Å². The lowest BCUT2D eigenvalue weighted by Gasteiger charge is -2.07. The SMILES string of the molecule is Fc1ccccc1-n1nncc1CNC1CC1. The third kappa shape index (κ3) is 2.19. The predicted molar refractivity (Wildman–Crippen MR) is 61.2 cm³/mol. The normalized spacial score (nSPS) is 15.1. The number of halogens is 1. The van der Waals surface area contributed by atoms with Crippen molar-refractivity contribution in [3.63, 3.8) is 0 Å². The lowest BCUT2D eigenvalue weighted by molar-refractivity contribution is 0.592. The van der Waals surface area contributed by atoms with Crippen molar-refractivity contribution >= 4 is 0 Å². The molecule has 17 heavy (non-hydrogen) atoms. The first-order valence-corrected chi connectivity index (χ1v) is 5.72. The lowest BCUT2D eigenvalue weighted by Crippen LogP contribution is -2.18. The Morgan fingerprint density at radius 3 is 2.94 bits per heavy atom. The van der Waals surface area contributed by atoms with Crippen LogP contribution in [-0.4, -0.2) is 21.0 Å². The van der Waals surface area contributed by atoms with Crippen LogP contribution < -0.4 is 5.32 Å². The van der Waals surface area contributed by atoms with Crippen LogP contribution in [0, 0.1) is 5.82 Å². The van der Waals surface area contributed by atoms with Gasteiger partial charge in [0.15, 0.2) is 0 Å². The van der Waals surface area contributed by atoms with Crippen LogP contribution in [0.25, 0.3) is 5.69 Å². The molecule has 0 saturated heterocycles. The second-order valence-electron chi connectivity index (χ2n) is 4.24. The molecule has 0 bridgehead atoms. The minimum absolute atomic E-state index is 0.286. The first-order chi connectivity index (χ1) is 8.34. The zero-order chi connectivity index (χ0) is 11.7. The van der Waals surface area contributed by atoms with Gasteiger partial charge >= 0.3 is 0 Å². The zero-order valence-electron chi connectivity index (χ0n) is 9.31. The number of benzene rings is 1. The highest BCUT2D eigenvalue weighted by Gasteiger charge is 2.21. The van der Waals surface area contributed by atoms with Crippen LogP contribution in [0.2, 0.25) is 0 Å².